The van der Waals surface area contributed by atoms with Gasteiger partial charge in [-0.15, -0.1) is 11.3 Å². The molecule has 2 heterocycles. The molecule has 0 radical (unpaired) electrons. The van der Waals surface area contributed by atoms with Gasteiger partial charge in [0.2, 0.25) is 0 Å². The summed E-state index contributed by atoms with van der Waals surface area (Å²) in [7, 11) is -3.93. The second-order valence-electron chi connectivity index (χ2n) is 9.47. The van der Waals surface area contributed by atoms with E-state index in [0.29, 0.717) is 23.5 Å². The molecule has 8 nitrogen and oxygen atoms in total. The van der Waals surface area contributed by atoms with Crippen LogP contribution in [0.5, 0.6) is 0 Å². The highest BCUT2D eigenvalue weighted by molar-refractivity contribution is 7.92. The Bertz CT molecular complexity index is 1650. The van der Waals surface area contributed by atoms with Crippen LogP contribution in [0.25, 0.3) is 0 Å². The average Bonchev–Trinajstić information content (AvgIpc) is 3.31. The highest BCUT2D eigenvalue weighted by atomic mass is 32.2. The molecule has 0 saturated carbocycles. The van der Waals surface area contributed by atoms with Gasteiger partial charge in [0.25, 0.3) is 15.9 Å². The summed E-state index contributed by atoms with van der Waals surface area (Å²) in [5, 5.41) is 3.30. The molecule has 0 saturated heterocycles. The molecule has 0 atom stereocenters. The normalized spacial score (nSPS) is 13.3. The fourth-order valence-corrected chi connectivity index (χ4v) is 6.96. The van der Waals surface area contributed by atoms with Crippen LogP contribution in [-0.4, -0.2) is 38.3 Å². The number of thiophene rings is 1. The number of hydrogen-bond acceptors (Lipinski definition) is 7. The summed E-state index contributed by atoms with van der Waals surface area (Å²) < 4.78 is 46.1. The molecule has 1 amide bonds. The summed E-state index contributed by atoms with van der Waals surface area (Å²) in [6.07, 6.45) is 0.658. The monoisotopic (exact) mass is 593 g/mol. The molecule has 0 bridgehead atoms. The van der Waals surface area contributed by atoms with Gasteiger partial charge in [0, 0.05) is 35.8 Å². The number of benzene rings is 3. The Balaban J connectivity index is 1.32. The van der Waals surface area contributed by atoms with Crippen molar-refractivity contribution >= 4 is 43.9 Å². The fraction of sp³-hybridized carbons (Fsp3) is 0.200. The van der Waals surface area contributed by atoms with Crippen molar-refractivity contribution in [2.45, 2.75) is 31.3 Å². The second kappa shape index (κ2) is 12.2. The van der Waals surface area contributed by atoms with E-state index in [1.165, 1.54) is 53.3 Å². The number of anilines is 2. The van der Waals surface area contributed by atoms with E-state index in [9.17, 15) is 22.4 Å². The van der Waals surface area contributed by atoms with E-state index in [-0.39, 0.29) is 22.8 Å². The predicted octanol–water partition coefficient (Wildman–Crippen LogP) is 5.68. The highest BCUT2D eigenvalue weighted by Crippen LogP contribution is 2.38. The van der Waals surface area contributed by atoms with Crippen molar-refractivity contribution in [1.82, 2.24) is 4.90 Å². The van der Waals surface area contributed by atoms with Crippen molar-refractivity contribution in [3.8, 4) is 0 Å². The first-order chi connectivity index (χ1) is 19.7. The first-order valence-corrected chi connectivity index (χ1v) is 15.3. The molecule has 0 unspecified atom stereocenters. The summed E-state index contributed by atoms with van der Waals surface area (Å²) in [5.41, 5.74) is 3.02. The lowest BCUT2D eigenvalue weighted by Crippen LogP contribution is -2.29. The summed E-state index contributed by atoms with van der Waals surface area (Å²) in [6, 6.07) is 20.5. The average molecular weight is 594 g/mol. The maximum absolute atomic E-state index is 13.2. The van der Waals surface area contributed by atoms with Gasteiger partial charge in [-0.2, -0.15) is 0 Å². The Hall–Kier alpha value is -4.06. The number of nitrogens with one attached hydrogen (secondary N) is 2. The molecule has 4 aromatic rings. The van der Waals surface area contributed by atoms with E-state index in [4.69, 9.17) is 4.74 Å². The van der Waals surface area contributed by atoms with Crippen LogP contribution in [0.15, 0.2) is 83.8 Å². The van der Waals surface area contributed by atoms with Gasteiger partial charge in [-0.25, -0.2) is 17.6 Å². The Morgan fingerprint density at radius 1 is 1.00 bits per heavy atom. The fourth-order valence-electron chi connectivity index (χ4n) is 4.63. The number of hydrogen-bond donors (Lipinski definition) is 2. The minimum atomic E-state index is -3.93. The number of ether oxygens (including phenoxy) is 1. The van der Waals surface area contributed by atoms with Crippen molar-refractivity contribution in [2.24, 2.45) is 0 Å². The Kier molecular flexibility index (Phi) is 8.48. The second-order valence-corrected chi connectivity index (χ2v) is 12.3. The number of rotatable bonds is 9. The third-order valence-corrected chi connectivity index (χ3v) is 9.14. The lowest BCUT2D eigenvalue weighted by Gasteiger charge is -2.27. The number of fused-ring (bicyclic) bond motifs is 1. The summed E-state index contributed by atoms with van der Waals surface area (Å²) in [5.74, 6) is -1.45. The first-order valence-electron chi connectivity index (χ1n) is 13.0. The van der Waals surface area contributed by atoms with Crippen LogP contribution in [0.2, 0.25) is 0 Å². The van der Waals surface area contributed by atoms with Crippen molar-refractivity contribution in [1.29, 1.82) is 0 Å². The van der Waals surface area contributed by atoms with E-state index in [0.717, 1.165) is 35.7 Å². The van der Waals surface area contributed by atoms with Gasteiger partial charge in [-0.1, -0.05) is 30.3 Å². The number of carbonyl (C=O) groups excluding carboxylic acids is 2. The molecule has 2 N–H and O–H groups in total. The Morgan fingerprint density at radius 3 is 2.39 bits per heavy atom. The van der Waals surface area contributed by atoms with Crippen LogP contribution in [0.3, 0.4) is 0 Å². The molecule has 5 rings (SSSR count). The molecule has 1 aliphatic heterocycles. The zero-order valence-corrected chi connectivity index (χ0v) is 23.9. The van der Waals surface area contributed by atoms with Crippen molar-refractivity contribution in [2.75, 3.05) is 23.2 Å². The molecule has 0 spiro atoms. The van der Waals surface area contributed by atoms with E-state index in [1.807, 2.05) is 18.2 Å². The number of nitrogens with zero attached hydrogens (tertiary/aromatic N) is 1. The van der Waals surface area contributed by atoms with Crippen molar-refractivity contribution in [3.63, 3.8) is 0 Å². The minimum Gasteiger partial charge on any atom is -0.462 e. The van der Waals surface area contributed by atoms with Crippen molar-refractivity contribution < 1.29 is 27.1 Å². The quantitative estimate of drug-likeness (QED) is 0.242. The van der Waals surface area contributed by atoms with Gasteiger partial charge >= 0.3 is 5.97 Å². The minimum absolute atomic E-state index is 0.0868. The van der Waals surface area contributed by atoms with E-state index < -0.39 is 27.7 Å². The summed E-state index contributed by atoms with van der Waals surface area (Å²) >= 11 is 1.37. The molecule has 212 valence electrons. The molecule has 1 aliphatic rings. The third kappa shape index (κ3) is 6.64. The zero-order valence-electron chi connectivity index (χ0n) is 22.2. The van der Waals surface area contributed by atoms with Crippen LogP contribution >= 0.6 is 11.3 Å². The molecule has 3 aromatic carbocycles. The largest absolute Gasteiger partial charge is 0.462 e. The smallest absolute Gasteiger partial charge is 0.341 e. The van der Waals surface area contributed by atoms with E-state index in [2.05, 4.69) is 27.1 Å². The first kappa shape index (κ1) is 28.5. The number of esters is 1. The SMILES string of the molecule is CCOC(=O)c1c(NC(=O)c2ccc(NS(=O)(=O)c3ccc(F)cc3)cc2)sc2c1CCN(Cc1ccccc1)C2. The molecule has 0 aliphatic carbocycles. The Labute approximate surface area is 241 Å². The van der Waals surface area contributed by atoms with Gasteiger partial charge in [-0.3, -0.25) is 14.4 Å². The van der Waals surface area contributed by atoms with E-state index >= 15 is 0 Å². The van der Waals surface area contributed by atoms with Gasteiger partial charge in [0.1, 0.15) is 10.8 Å². The molecular formula is C30H28FN3O5S2. The van der Waals surface area contributed by atoms with Crippen LogP contribution in [0, 0.1) is 5.82 Å². The number of sulfonamides is 1. The van der Waals surface area contributed by atoms with Gasteiger partial charge in [-0.05, 0) is 73.0 Å². The molecule has 11 heteroatoms. The summed E-state index contributed by atoms with van der Waals surface area (Å²) in [4.78, 5) is 29.3. The molecular weight excluding hydrogens is 565 g/mol. The standard InChI is InChI=1S/C30H28FN3O5S2/c1-2-39-30(36)27-25-16-17-34(18-20-6-4-3-5-7-20)19-26(25)40-29(27)32-28(35)21-8-12-23(13-9-21)33-41(37,38)24-14-10-22(31)11-15-24/h3-15,33H,2,16-19H2,1H3,(H,32,35). The molecule has 1 aromatic heterocycles. The number of amides is 1. The third-order valence-electron chi connectivity index (χ3n) is 6.61. The number of halogens is 1. The van der Waals surface area contributed by atoms with Crippen LogP contribution in [0.4, 0.5) is 15.1 Å². The zero-order chi connectivity index (χ0) is 29.0. The summed E-state index contributed by atoms with van der Waals surface area (Å²) in [6.45, 7) is 4.16. The Morgan fingerprint density at radius 2 is 1.71 bits per heavy atom. The van der Waals surface area contributed by atoms with E-state index in [1.54, 1.807) is 6.92 Å². The molecule has 0 fully saturated rings. The van der Waals surface area contributed by atoms with Crippen LogP contribution in [0.1, 0.15) is 43.6 Å². The van der Waals surface area contributed by atoms with Gasteiger partial charge < -0.3 is 10.1 Å². The maximum Gasteiger partial charge on any atom is 0.341 e. The van der Waals surface area contributed by atoms with Crippen LogP contribution < -0.4 is 10.0 Å². The lowest BCUT2D eigenvalue weighted by atomic mass is 10.0. The van der Waals surface area contributed by atoms with Crippen LogP contribution in [-0.2, 0) is 34.3 Å². The lowest BCUT2D eigenvalue weighted by molar-refractivity contribution is 0.0526. The highest BCUT2D eigenvalue weighted by Gasteiger charge is 2.30. The predicted molar refractivity (Wildman–Crippen MR) is 156 cm³/mol. The van der Waals surface area contributed by atoms with Gasteiger partial charge in [0.15, 0.2) is 0 Å². The van der Waals surface area contributed by atoms with Gasteiger partial charge in [0.05, 0.1) is 17.1 Å². The molecule has 41 heavy (non-hydrogen) atoms. The maximum atomic E-state index is 13.2. The number of carbonyl (C=O) groups is 2. The van der Waals surface area contributed by atoms with Crippen molar-refractivity contribution in [3.05, 3.63) is 112 Å². The topological polar surface area (TPSA) is 105 Å².